The normalized spacial score (nSPS) is 18.6. The number of rotatable bonds is 10. The molecule has 0 spiro atoms. The monoisotopic (exact) mass is 917 g/mol. The van der Waals surface area contributed by atoms with Gasteiger partial charge < -0.3 is 20.9 Å². The van der Waals surface area contributed by atoms with Gasteiger partial charge in [-0.3, -0.25) is 23.9 Å². The first-order valence-corrected chi connectivity index (χ1v) is 23.3. The van der Waals surface area contributed by atoms with Crippen LogP contribution in [-0.2, 0) is 31.4 Å². The average molecular weight is 918 g/mol. The van der Waals surface area contributed by atoms with Crippen molar-refractivity contribution in [2.24, 2.45) is 25.9 Å². The predicted molar refractivity (Wildman–Crippen MR) is 243 cm³/mol. The second-order valence-corrected chi connectivity index (χ2v) is 19.9. The van der Waals surface area contributed by atoms with Gasteiger partial charge in [-0.05, 0) is 95.0 Å². The lowest BCUT2D eigenvalue weighted by Gasteiger charge is -2.33. The van der Waals surface area contributed by atoms with Crippen molar-refractivity contribution in [1.82, 2.24) is 19.9 Å². The number of aliphatic imine (C=N–C) groups is 2. The van der Waals surface area contributed by atoms with E-state index >= 15 is 0 Å². The molecule has 2 unspecified atom stereocenters. The van der Waals surface area contributed by atoms with Crippen LogP contribution in [-0.4, -0.2) is 99.9 Å². The lowest BCUT2D eigenvalue weighted by atomic mass is 9.84. The van der Waals surface area contributed by atoms with Gasteiger partial charge in [-0.25, -0.2) is 19.9 Å². The van der Waals surface area contributed by atoms with Gasteiger partial charge in [-0.1, -0.05) is 35.1 Å². The van der Waals surface area contributed by atoms with Crippen LogP contribution >= 0.6 is 11.3 Å². The van der Waals surface area contributed by atoms with Crippen LogP contribution in [0, 0.1) is 27.7 Å². The fraction of sp³-hybridized carbons (Fsp3) is 0.341. The van der Waals surface area contributed by atoms with Crippen LogP contribution in [0.3, 0.4) is 0 Å². The number of ether oxygens (including phenoxy) is 1. The number of thiazole rings is 1. The van der Waals surface area contributed by atoms with Crippen molar-refractivity contribution in [3.63, 3.8) is 0 Å². The zero-order valence-corrected chi connectivity index (χ0v) is 38.0. The lowest BCUT2D eigenvalue weighted by Crippen LogP contribution is -2.42. The molecule has 19 nitrogen and oxygen atoms in total. The molecule has 2 atom stereocenters. The summed E-state index contributed by atoms with van der Waals surface area (Å²) in [5, 5.41) is 23.7. The molecule has 1 aliphatic heterocycles. The third kappa shape index (κ3) is 9.47. The minimum absolute atomic E-state index is 0.0374. The molecule has 6 N–H and O–H groups in total. The number of aromatic nitrogens is 3. The Morgan fingerprint density at radius 2 is 1.63 bits per heavy atom. The summed E-state index contributed by atoms with van der Waals surface area (Å²) in [7, 11) is -9.40. The SMILES string of the molecule is CC(=NC(C)N1CCOCC1)N=C(N)Nc1cc(C)cc2c1C(O)=C(N=Nc1ncc(N(c3nc4cc(S(=O)(=O)O)ccc4s3)c3c(C)cc(C)cc3C)cn1)C(C)(S(=O)(=O)O)C2. The molecule has 7 rings (SSSR count). The maximum absolute atomic E-state index is 13.1. The van der Waals surface area contributed by atoms with Gasteiger partial charge in [0.2, 0.25) is 0 Å². The first kappa shape index (κ1) is 45.3. The predicted octanol–water partition coefficient (Wildman–Crippen LogP) is 7.07. The summed E-state index contributed by atoms with van der Waals surface area (Å²) >= 11 is 1.28. The Morgan fingerprint density at radius 1 is 0.984 bits per heavy atom. The molecule has 2 aromatic heterocycles. The van der Waals surface area contributed by atoms with Gasteiger partial charge in [0, 0.05) is 25.1 Å². The van der Waals surface area contributed by atoms with Crippen LogP contribution in [0.2, 0.25) is 0 Å². The molecule has 3 heterocycles. The number of nitrogens with one attached hydrogen (secondary N) is 1. The van der Waals surface area contributed by atoms with Crippen molar-refractivity contribution in [1.29, 1.82) is 0 Å². The van der Waals surface area contributed by atoms with Crippen LogP contribution in [0.15, 0.2) is 85.7 Å². The standard InChI is InChI=1S/C41H47N11O8S3/c1-22-14-24(3)35(25(4)15-22)52(40-48-31-18-30(62(54,55)56)8-9-33(31)61-40)29-20-43-39(44-21-29)50-49-37-36(53)34-28(19-41(37,7)63(57,58)59)16-23(2)17-32(34)47-38(42)46-26(5)45-27(6)51-10-12-60-13-11-51/h8-9,14-18,20-21,27,53H,10-13,19H2,1-7H3,(H,54,55,56)(H,57,58,59)(H3,42,45,46,47). The number of anilines is 4. The first-order chi connectivity index (χ1) is 29.6. The van der Waals surface area contributed by atoms with E-state index in [1.165, 1.54) is 42.8 Å². The van der Waals surface area contributed by atoms with Crippen molar-refractivity contribution >= 4 is 87.5 Å². The first-order valence-electron chi connectivity index (χ1n) is 19.6. The second kappa shape index (κ2) is 17.4. The molecule has 22 heteroatoms. The molecule has 5 aromatic rings. The van der Waals surface area contributed by atoms with Crippen molar-refractivity contribution in [3.8, 4) is 0 Å². The number of nitrogens with zero attached hydrogens (tertiary/aromatic N) is 9. The maximum Gasteiger partial charge on any atom is 0.294 e. The Labute approximate surface area is 368 Å². The smallest absolute Gasteiger partial charge is 0.294 e. The maximum atomic E-state index is 13.1. The van der Waals surface area contributed by atoms with E-state index in [0.29, 0.717) is 56.9 Å². The molecule has 63 heavy (non-hydrogen) atoms. The van der Waals surface area contributed by atoms with E-state index in [0.717, 1.165) is 35.5 Å². The molecule has 0 saturated carbocycles. The Bertz CT molecular complexity index is 2940. The van der Waals surface area contributed by atoms with Crippen LogP contribution in [0.4, 0.5) is 28.1 Å². The van der Waals surface area contributed by atoms with Crippen molar-refractivity contribution in [2.45, 2.75) is 70.7 Å². The summed E-state index contributed by atoms with van der Waals surface area (Å²) in [5.74, 6) is -0.421. The summed E-state index contributed by atoms with van der Waals surface area (Å²) in [6, 6.07) is 11.6. The number of aliphatic hydroxyl groups is 1. The number of nitrogens with two attached hydrogens (primary N) is 1. The highest BCUT2D eigenvalue weighted by atomic mass is 32.2. The van der Waals surface area contributed by atoms with Gasteiger partial charge in [0.15, 0.2) is 11.1 Å². The number of amidine groups is 1. The minimum atomic E-state index is -4.92. The summed E-state index contributed by atoms with van der Waals surface area (Å²) in [6.07, 6.45) is 2.47. The van der Waals surface area contributed by atoms with Crippen LogP contribution < -0.4 is 16.0 Å². The third-order valence-corrected chi connectivity index (χ3v) is 14.1. The van der Waals surface area contributed by atoms with Gasteiger partial charge >= 0.3 is 0 Å². The zero-order chi connectivity index (χ0) is 45.6. The molecule has 2 aliphatic rings. The number of hydrogen-bond donors (Lipinski definition) is 5. The van der Waals surface area contributed by atoms with Gasteiger partial charge in [-0.2, -0.15) is 16.8 Å². The van der Waals surface area contributed by atoms with Gasteiger partial charge in [-0.15, -0.1) is 10.2 Å². The molecule has 0 bridgehead atoms. The fourth-order valence-corrected chi connectivity index (χ4v) is 10.0. The van der Waals surface area contributed by atoms with E-state index in [1.807, 2.05) is 44.7 Å². The lowest BCUT2D eigenvalue weighted by molar-refractivity contribution is 0.0220. The quantitative estimate of drug-likeness (QED) is 0.0406. The average Bonchev–Trinajstić information content (AvgIpc) is 3.62. The number of azo groups is 1. The van der Waals surface area contributed by atoms with E-state index in [1.54, 1.807) is 32.0 Å². The van der Waals surface area contributed by atoms with E-state index in [4.69, 9.17) is 15.5 Å². The molecule has 0 radical (unpaired) electrons. The van der Waals surface area contributed by atoms with Gasteiger partial charge in [0.1, 0.15) is 28.2 Å². The highest BCUT2D eigenvalue weighted by Gasteiger charge is 2.49. The number of aryl methyl sites for hydroxylation is 4. The number of fused-ring (bicyclic) bond motifs is 2. The second-order valence-electron chi connectivity index (χ2n) is 15.6. The molecule has 1 saturated heterocycles. The largest absolute Gasteiger partial charge is 0.505 e. The number of aliphatic hydroxyl groups excluding tert-OH is 1. The molecular formula is C41H47N11O8S3. The van der Waals surface area contributed by atoms with Gasteiger partial charge in [0.25, 0.3) is 26.2 Å². The zero-order valence-electron chi connectivity index (χ0n) is 35.5. The van der Waals surface area contributed by atoms with E-state index < -0.39 is 36.4 Å². The van der Waals surface area contributed by atoms with E-state index in [9.17, 15) is 31.0 Å². The number of hydrogen-bond acceptors (Lipinski definition) is 15. The van der Waals surface area contributed by atoms with E-state index in [-0.39, 0.29) is 35.0 Å². The summed E-state index contributed by atoms with van der Waals surface area (Å²) in [5.41, 5.74) is 11.8. The Morgan fingerprint density at radius 3 is 2.27 bits per heavy atom. The molecule has 0 amide bonds. The third-order valence-electron chi connectivity index (χ3n) is 10.7. The van der Waals surface area contributed by atoms with Crippen molar-refractivity contribution in [3.05, 3.63) is 93.9 Å². The minimum Gasteiger partial charge on any atom is -0.505 e. The highest BCUT2D eigenvalue weighted by Crippen LogP contribution is 2.46. The molecule has 1 fully saturated rings. The van der Waals surface area contributed by atoms with Crippen molar-refractivity contribution in [2.75, 3.05) is 36.5 Å². The molecule has 3 aromatic carbocycles. The van der Waals surface area contributed by atoms with Crippen molar-refractivity contribution < 1.29 is 35.8 Å². The molecule has 332 valence electrons. The topological polar surface area (TPSA) is 271 Å². The van der Waals surface area contributed by atoms with Gasteiger partial charge in [0.05, 0.1) is 57.8 Å². The Balaban J connectivity index is 1.25. The number of morpholine rings is 1. The van der Waals surface area contributed by atoms with Crippen LogP contribution in [0.1, 0.15) is 54.2 Å². The Hall–Kier alpha value is -5.75. The Kier molecular flexibility index (Phi) is 12.5. The highest BCUT2D eigenvalue weighted by molar-refractivity contribution is 7.87. The summed E-state index contributed by atoms with van der Waals surface area (Å²) < 4.78 is 74.2. The molecular weight excluding hydrogens is 871 g/mol. The summed E-state index contributed by atoms with van der Waals surface area (Å²) in [6.45, 7) is 15.3. The van der Waals surface area contributed by atoms with Crippen LogP contribution in [0.5, 0.6) is 0 Å². The molecule has 1 aliphatic carbocycles. The van der Waals surface area contributed by atoms with E-state index in [2.05, 4.69) is 40.4 Å². The van der Waals surface area contributed by atoms with Crippen LogP contribution in [0.25, 0.3) is 16.0 Å². The number of guanidine groups is 1. The fourth-order valence-electron chi connectivity index (χ4n) is 7.82. The summed E-state index contributed by atoms with van der Waals surface area (Å²) in [4.78, 5) is 26.3. The number of benzene rings is 3.